The van der Waals surface area contributed by atoms with E-state index in [2.05, 4.69) is 26.1 Å². The van der Waals surface area contributed by atoms with Crippen molar-refractivity contribution in [2.75, 3.05) is 5.75 Å². The highest BCUT2D eigenvalue weighted by Gasteiger charge is 2.31. The summed E-state index contributed by atoms with van der Waals surface area (Å²) >= 11 is 0. The smallest absolute Gasteiger partial charge is 0.178 e. The molecule has 1 N–H and O–H groups in total. The lowest BCUT2D eigenvalue weighted by Gasteiger charge is -2.32. The van der Waals surface area contributed by atoms with E-state index in [0.717, 1.165) is 12.8 Å². The summed E-state index contributed by atoms with van der Waals surface area (Å²) < 4.78 is 37.7. The fourth-order valence-electron chi connectivity index (χ4n) is 3.24. The van der Waals surface area contributed by atoms with Crippen molar-refractivity contribution >= 4 is 9.84 Å². The first kappa shape index (κ1) is 16.4. The van der Waals surface area contributed by atoms with Gasteiger partial charge in [-0.15, -0.1) is 0 Å². The van der Waals surface area contributed by atoms with E-state index in [9.17, 15) is 12.8 Å². The second-order valence-corrected chi connectivity index (χ2v) is 7.95. The normalized spacial score (nSPS) is 22.0. The van der Waals surface area contributed by atoms with Crippen molar-refractivity contribution in [1.82, 2.24) is 5.32 Å². The van der Waals surface area contributed by atoms with Gasteiger partial charge in [-0.1, -0.05) is 26.7 Å². The van der Waals surface area contributed by atoms with Gasteiger partial charge in [-0.3, -0.25) is 0 Å². The molecule has 5 heteroatoms. The lowest BCUT2D eigenvalue weighted by molar-refractivity contribution is 0.315. The van der Waals surface area contributed by atoms with E-state index in [1.54, 1.807) is 0 Å². The van der Waals surface area contributed by atoms with Gasteiger partial charge in [-0.2, -0.15) is 0 Å². The van der Waals surface area contributed by atoms with Crippen LogP contribution in [0.3, 0.4) is 0 Å². The zero-order chi connectivity index (χ0) is 15.6. The van der Waals surface area contributed by atoms with E-state index < -0.39 is 9.84 Å². The van der Waals surface area contributed by atoms with Crippen LogP contribution in [0.15, 0.2) is 23.1 Å². The minimum Gasteiger partial charge on any atom is -0.307 e. The predicted octanol–water partition coefficient (Wildman–Crippen LogP) is 3.46. The first-order valence-electron chi connectivity index (χ1n) is 7.67. The van der Waals surface area contributed by atoms with Crippen LogP contribution < -0.4 is 5.32 Å². The topological polar surface area (TPSA) is 46.2 Å². The molecule has 2 atom stereocenters. The Bertz CT molecular complexity index is 596. The number of benzene rings is 1. The fourth-order valence-corrected chi connectivity index (χ4v) is 4.84. The Morgan fingerprint density at radius 1 is 1.33 bits per heavy atom. The summed E-state index contributed by atoms with van der Waals surface area (Å²) in [5.41, 5.74) is 0.582. The Morgan fingerprint density at radius 2 is 2.00 bits per heavy atom. The molecule has 0 spiro atoms. The Labute approximate surface area is 126 Å². The molecular weight excluding hydrogens is 289 g/mol. The minimum atomic E-state index is -3.27. The Balaban J connectivity index is 2.29. The van der Waals surface area contributed by atoms with Crippen LogP contribution >= 0.6 is 0 Å². The van der Waals surface area contributed by atoms with Crippen LogP contribution in [0.25, 0.3) is 0 Å². The molecule has 0 bridgehead atoms. The Hall–Kier alpha value is -0.940. The van der Waals surface area contributed by atoms with Crippen LogP contribution in [0.4, 0.5) is 4.39 Å². The molecule has 0 fully saturated rings. The van der Waals surface area contributed by atoms with E-state index in [1.165, 1.54) is 18.2 Å². The van der Waals surface area contributed by atoms with Crippen molar-refractivity contribution < 1.29 is 12.8 Å². The molecule has 0 saturated heterocycles. The number of halogens is 1. The summed E-state index contributed by atoms with van der Waals surface area (Å²) in [4.78, 5) is 0.282. The van der Waals surface area contributed by atoms with Gasteiger partial charge in [-0.25, -0.2) is 12.8 Å². The summed E-state index contributed by atoms with van der Waals surface area (Å²) in [7, 11) is -3.27. The lowest BCUT2D eigenvalue weighted by Crippen LogP contribution is -2.39. The lowest BCUT2D eigenvalue weighted by atomic mass is 9.93. The molecule has 1 heterocycles. The summed E-state index contributed by atoms with van der Waals surface area (Å²) in [6, 6.07) is 4.18. The highest BCUT2D eigenvalue weighted by atomic mass is 32.2. The third-order valence-corrected chi connectivity index (χ3v) is 6.39. The third-order valence-electron chi connectivity index (χ3n) is 4.58. The van der Waals surface area contributed by atoms with Crippen molar-refractivity contribution in [3.8, 4) is 0 Å². The monoisotopic (exact) mass is 313 g/mol. The van der Waals surface area contributed by atoms with Crippen LogP contribution in [-0.4, -0.2) is 20.2 Å². The first-order chi connectivity index (χ1) is 9.89. The highest BCUT2D eigenvalue weighted by Crippen LogP contribution is 2.33. The Morgan fingerprint density at radius 3 is 2.62 bits per heavy atom. The number of fused-ring (bicyclic) bond motifs is 1. The van der Waals surface area contributed by atoms with Gasteiger partial charge in [0.2, 0.25) is 0 Å². The quantitative estimate of drug-likeness (QED) is 0.847. The average Bonchev–Trinajstić information content (AvgIpc) is 2.43. The van der Waals surface area contributed by atoms with Crippen molar-refractivity contribution in [2.45, 2.75) is 57.0 Å². The third kappa shape index (κ3) is 3.46. The van der Waals surface area contributed by atoms with E-state index in [4.69, 9.17) is 0 Å². The van der Waals surface area contributed by atoms with Crippen LogP contribution in [0.1, 0.15) is 51.6 Å². The van der Waals surface area contributed by atoms with Crippen molar-refractivity contribution in [2.24, 2.45) is 5.92 Å². The van der Waals surface area contributed by atoms with Gasteiger partial charge in [0.1, 0.15) is 5.82 Å². The molecule has 1 aromatic rings. The predicted molar refractivity (Wildman–Crippen MR) is 82.5 cm³/mol. The molecule has 3 nitrogen and oxygen atoms in total. The molecule has 0 radical (unpaired) electrons. The first-order valence-corrected chi connectivity index (χ1v) is 9.32. The van der Waals surface area contributed by atoms with Crippen molar-refractivity contribution in [3.63, 3.8) is 0 Å². The summed E-state index contributed by atoms with van der Waals surface area (Å²) in [6.07, 6.45) is 2.65. The molecule has 1 aliphatic heterocycles. The highest BCUT2D eigenvalue weighted by molar-refractivity contribution is 7.91. The van der Waals surface area contributed by atoms with Gasteiger partial charge in [-0.05, 0) is 43.0 Å². The zero-order valence-corrected chi connectivity index (χ0v) is 13.7. The maximum Gasteiger partial charge on any atom is 0.178 e. The fraction of sp³-hybridized carbons (Fsp3) is 0.625. The SMILES string of the molecule is CCC(CC)C(C)NC1CCS(=O)(=O)c2ccc(F)cc21. The molecular formula is C16H24FNO2S. The Kier molecular flexibility index (Phi) is 5.04. The molecule has 0 saturated carbocycles. The van der Waals surface area contributed by atoms with Crippen LogP contribution in [-0.2, 0) is 9.84 Å². The second kappa shape index (κ2) is 6.44. The number of sulfone groups is 1. The van der Waals surface area contributed by atoms with E-state index >= 15 is 0 Å². The standard InChI is InChI=1S/C16H24FNO2S/c1-4-12(5-2)11(3)18-15-8-9-21(19,20)16-7-6-13(17)10-14(15)16/h6-7,10-12,15,18H,4-5,8-9H2,1-3H3. The van der Waals surface area contributed by atoms with Crippen LogP contribution in [0.2, 0.25) is 0 Å². The van der Waals surface area contributed by atoms with Gasteiger partial charge in [0.05, 0.1) is 10.6 Å². The number of hydrogen-bond acceptors (Lipinski definition) is 3. The average molecular weight is 313 g/mol. The zero-order valence-electron chi connectivity index (χ0n) is 12.9. The molecule has 0 aliphatic carbocycles. The van der Waals surface area contributed by atoms with Crippen LogP contribution in [0, 0.1) is 11.7 Å². The molecule has 0 aromatic heterocycles. The van der Waals surface area contributed by atoms with E-state index in [0.29, 0.717) is 17.9 Å². The molecule has 2 unspecified atom stereocenters. The summed E-state index contributed by atoms with van der Waals surface area (Å²) in [6.45, 7) is 6.44. The maximum absolute atomic E-state index is 13.5. The molecule has 0 amide bonds. The van der Waals surface area contributed by atoms with Crippen LogP contribution in [0.5, 0.6) is 0 Å². The molecule has 1 aliphatic rings. The van der Waals surface area contributed by atoms with Gasteiger partial charge >= 0.3 is 0 Å². The maximum atomic E-state index is 13.5. The number of nitrogens with one attached hydrogen (secondary N) is 1. The molecule has 2 rings (SSSR count). The largest absolute Gasteiger partial charge is 0.307 e. The summed E-state index contributed by atoms with van der Waals surface area (Å²) in [5, 5.41) is 3.51. The van der Waals surface area contributed by atoms with E-state index in [-0.39, 0.29) is 28.5 Å². The summed E-state index contributed by atoms with van der Waals surface area (Å²) in [5.74, 6) is 0.284. The van der Waals surface area contributed by atoms with Crippen molar-refractivity contribution in [1.29, 1.82) is 0 Å². The molecule has 21 heavy (non-hydrogen) atoms. The van der Waals surface area contributed by atoms with Gasteiger partial charge in [0, 0.05) is 12.1 Å². The van der Waals surface area contributed by atoms with Gasteiger partial charge in [0.25, 0.3) is 0 Å². The second-order valence-electron chi connectivity index (χ2n) is 5.87. The number of rotatable bonds is 5. The molecule has 118 valence electrons. The van der Waals surface area contributed by atoms with Gasteiger partial charge < -0.3 is 5.32 Å². The molecule has 1 aromatic carbocycles. The van der Waals surface area contributed by atoms with Gasteiger partial charge in [0.15, 0.2) is 9.84 Å². The number of hydrogen-bond donors (Lipinski definition) is 1. The minimum absolute atomic E-state index is 0.0881. The van der Waals surface area contributed by atoms with Crippen molar-refractivity contribution in [3.05, 3.63) is 29.6 Å². The van der Waals surface area contributed by atoms with E-state index in [1.807, 2.05) is 0 Å².